The normalized spacial score (nSPS) is 15.7. The molecule has 0 amide bonds. The standard InChI is InChI=1S/2C28H33N5O2/c2*1-18-15-33(17-29-18)24-11-10-22(31-27(24)35-6)23-16-32-13-7-8-20(26(32)30-23)21-14-19(28(2,3)4)9-12-25(21)34-5/h2*9-12,14-17,20H,7-8,13H2,1-6H3/t2*20-/m10/s1. The van der Waals surface area contributed by atoms with Crippen LogP contribution in [0.4, 0.5) is 0 Å². The van der Waals surface area contributed by atoms with Crippen molar-refractivity contribution in [3.8, 4) is 57.4 Å². The second-order valence-corrected chi connectivity index (χ2v) is 20.5. The van der Waals surface area contributed by atoms with Crippen LogP contribution >= 0.6 is 0 Å². The molecule has 2 aliphatic heterocycles. The molecule has 0 bridgehead atoms. The third-order valence-electron chi connectivity index (χ3n) is 13.5. The molecule has 0 unspecified atom stereocenters. The van der Waals surface area contributed by atoms with Gasteiger partial charge in [-0.05, 0) is 97.9 Å². The smallest absolute Gasteiger partial charge is 0.238 e. The van der Waals surface area contributed by atoms with E-state index in [9.17, 15) is 0 Å². The molecule has 0 saturated carbocycles. The number of hydrogen-bond donors (Lipinski definition) is 0. The number of benzene rings is 2. The molecule has 8 heterocycles. The Labute approximate surface area is 411 Å². The number of methoxy groups -OCH3 is 4. The lowest BCUT2D eigenvalue weighted by molar-refractivity contribution is 0.396. The molecule has 0 saturated heterocycles. The van der Waals surface area contributed by atoms with Crippen LogP contribution in [0.15, 0.2) is 98.1 Å². The van der Waals surface area contributed by atoms with Crippen LogP contribution < -0.4 is 18.9 Å². The van der Waals surface area contributed by atoms with E-state index >= 15 is 0 Å². The summed E-state index contributed by atoms with van der Waals surface area (Å²) in [5.74, 6) is 5.39. The summed E-state index contributed by atoms with van der Waals surface area (Å²) in [6.07, 6.45) is 15.9. The first-order valence-corrected chi connectivity index (χ1v) is 24.2. The molecule has 8 aromatic rings. The molecule has 14 heteroatoms. The van der Waals surface area contributed by atoms with Gasteiger partial charge >= 0.3 is 0 Å². The summed E-state index contributed by atoms with van der Waals surface area (Å²) < 4.78 is 31.2. The largest absolute Gasteiger partial charge is 0.496 e. The molecule has 0 radical (unpaired) electrons. The Balaban J connectivity index is 0.000000174. The first kappa shape index (κ1) is 47.8. The lowest BCUT2D eigenvalue weighted by Crippen LogP contribution is -2.18. The van der Waals surface area contributed by atoms with E-state index in [1.165, 1.54) is 22.3 Å². The van der Waals surface area contributed by atoms with Crippen LogP contribution in [-0.2, 0) is 23.9 Å². The van der Waals surface area contributed by atoms with E-state index in [-0.39, 0.29) is 22.7 Å². The van der Waals surface area contributed by atoms with E-state index in [2.05, 4.69) is 109 Å². The predicted molar refractivity (Wildman–Crippen MR) is 273 cm³/mol. The van der Waals surface area contributed by atoms with Gasteiger partial charge in [0.15, 0.2) is 0 Å². The van der Waals surface area contributed by atoms with Crippen molar-refractivity contribution in [1.29, 1.82) is 0 Å². The van der Waals surface area contributed by atoms with Gasteiger partial charge in [-0.3, -0.25) is 0 Å². The van der Waals surface area contributed by atoms with Crippen LogP contribution in [0.2, 0.25) is 0 Å². The second kappa shape index (κ2) is 19.3. The van der Waals surface area contributed by atoms with Crippen molar-refractivity contribution in [3.63, 3.8) is 0 Å². The first-order valence-electron chi connectivity index (χ1n) is 24.2. The molecule has 14 nitrogen and oxygen atoms in total. The SMILES string of the molecule is COc1ccc(C(C)(C)C)cc1[C@@H]1CCCn2cc(-c3ccc(-n4cnc(C)c4)c(OC)n3)nc21.COc1ccc(C(C)(C)C)cc1[C@H]1CCCn2cc(-c3ccc(-n4cnc(C)c4)c(OC)n3)nc21. The minimum Gasteiger partial charge on any atom is -0.496 e. The van der Waals surface area contributed by atoms with Crippen LogP contribution in [0.3, 0.4) is 0 Å². The molecule has 6 aromatic heterocycles. The monoisotopic (exact) mass is 943 g/mol. The summed E-state index contributed by atoms with van der Waals surface area (Å²) in [5, 5.41) is 0. The quantitative estimate of drug-likeness (QED) is 0.130. The van der Waals surface area contributed by atoms with Gasteiger partial charge in [0, 0.05) is 60.8 Å². The topological polar surface area (TPSA) is 134 Å². The summed E-state index contributed by atoms with van der Waals surface area (Å²) in [6, 6.07) is 21.2. The van der Waals surface area contributed by atoms with Crippen molar-refractivity contribution < 1.29 is 18.9 Å². The third-order valence-corrected chi connectivity index (χ3v) is 13.5. The number of aryl methyl sites for hydroxylation is 4. The molecule has 0 fully saturated rings. The Bertz CT molecular complexity index is 2930. The Morgan fingerprint density at radius 3 is 1.24 bits per heavy atom. The number of hydrogen-bond acceptors (Lipinski definition) is 10. The van der Waals surface area contributed by atoms with E-state index in [0.29, 0.717) is 11.8 Å². The van der Waals surface area contributed by atoms with E-state index in [0.717, 1.165) is 107 Å². The van der Waals surface area contributed by atoms with Gasteiger partial charge in [0.1, 0.15) is 45.9 Å². The molecule has 0 spiro atoms. The number of fused-ring (bicyclic) bond motifs is 2. The van der Waals surface area contributed by atoms with Gasteiger partial charge in [-0.15, -0.1) is 0 Å². The molecule has 70 heavy (non-hydrogen) atoms. The third kappa shape index (κ3) is 9.55. The highest BCUT2D eigenvalue weighted by Gasteiger charge is 2.31. The molecule has 10 rings (SSSR count). The maximum atomic E-state index is 5.79. The van der Waals surface area contributed by atoms with Crippen LogP contribution in [0.1, 0.15) is 124 Å². The zero-order valence-corrected chi connectivity index (χ0v) is 42.7. The van der Waals surface area contributed by atoms with Gasteiger partial charge in [0.2, 0.25) is 11.8 Å². The van der Waals surface area contributed by atoms with E-state index in [1.54, 1.807) is 41.1 Å². The molecule has 2 atom stereocenters. The van der Waals surface area contributed by atoms with Crippen molar-refractivity contribution in [2.75, 3.05) is 28.4 Å². The van der Waals surface area contributed by atoms with Gasteiger partial charge in [-0.1, -0.05) is 65.8 Å². The fourth-order valence-electron chi connectivity index (χ4n) is 9.70. The molecule has 2 aliphatic rings. The minimum absolute atomic E-state index is 0.0618. The summed E-state index contributed by atoms with van der Waals surface area (Å²) >= 11 is 0. The van der Waals surface area contributed by atoms with Crippen molar-refractivity contribution >= 4 is 0 Å². The van der Waals surface area contributed by atoms with Gasteiger partial charge < -0.3 is 37.2 Å². The van der Waals surface area contributed by atoms with Gasteiger partial charge in [0.05, 0.1) is 63.9 Å². The van der Waals surface area contributed by atoms with Crippen molar-refractivity contribution in [1.82, 2.24) is 48.2 Å². The lowest BCUT2D eigenvalue weighted by atomic mass is 9.82. The van der Waals surface area contributed by atoms with E-state index < -0.39 is 0 Å². The zero-order chi connectivity index (χ0) is 49.5. The number of ether oxygens (including phenoxy) is 4. The molecule has 0 aliphatic carbocycles. The van der Waals surface area contributed by atoms with Crippen LogP contribution in [0.5, 0.6) is 23.3 Å². The Hall–Kier alpha value is -7.22. The molecular formula is C56H66N10O4. The summed E-state index contributed by atoms with van der Waals surface area (Å²) in [5.41, 5.74) is 12.0. The Morgan fingerprint density at radius 1 is 0.486 bits per heavy atom. The molecule has 0 N–H and O–H groups in total. The maximum Gasteiger partial charge on any atom is 0.238 e. The fourth-order valence-corrected chi connectivity index (χ4v) is 9.70. The van der Waals surface area contributed by atoms with Crippen LogP contribution in [0.25, 0.3) is 34.2 Å². The maximum absolute atomic E-state index is 5.79. The summed E-state index contributed by atoms with van der Waals surface area (Å²) in [7, 11) is 6.77. The van der Waals surface area contributed by atoms with Gasteiger partial charge in [0.25, 0.3) is 0 Å². The number of nitrogens with zero attached hydrogens (tertiary/aromatic N) is 10. The highest BCUT2D eigenvalue weighted by Crippen LogP contribution is 2.43. The molecular weight excluding hydrogens is 877 g/mol. The molecule has 364 valence electrons. The highest BCUT2D eigenvalue weighted by atomic mass is 16.5. The van der Waals surface area contributed by atoms with Gasteiger partial charge in [-0.25, -0.2) is 29.9 Å². The van der Waals surface area contributed by atoms with Crippen molar-refractivity contribution in [2.45, 2.75) is 117 Å². The average Bonchev–Trinajstić information content (AvgIpc) is 4.19. The Kier molecular flexibility index (Phi) is 13.2. The zero-order valence-electron chi connectivity index (χ0n) is 42.7. The minimum atomic E-state index is 0.0618. The average molecular weight is 943 g/mol. The van der Waals surface area contributed by atoms with Crippen molar-refractivity contribution in [3.05, 3.63) is 143 Å². The Morgan fingerprint density at radius 2 is 0.900 bits per heavy atom. The van der Waals surface area contributed by atoms with E-state index in [1.807, 2.05) is 59.6 Å². The first-order chi connectivity index (χ1) is 33.6. The van der Waals surface area contributed by atoms with Gasteiger partial charge in [-0.2, -0.15) is 0 Å². The number of pyridine rings is 2. The van der Waals surface area contributed by atoms with Crippen LogP contribution in [0, 0.1) is 13.8 Å². The number of imidazole rings is 4. The highest BCUT2D eigenvalue weighted by molar-refractivity contribution is 5.61. The van der Waals surface area contributed by atoms with Crippen molar-refractivity contribution in [2.24, 2.45) is 0 Å². The summed E-state index contributed by atoms with van der Waals surface area (Å²) in [6.45, 7) is 19.3. The van der Waals surface area contributed by atoms with Crippen LogP contribution in [-0.4, -0.2) is 76.6 Å². The summed E-state index contributed by atoms with van der Waals surface area (Å²) in [4.78, 5) is 28.4. The second-order valence-electron chi connectivity index (χ2n) is 20.5. The number of aromatic nitrogens is 10. The van der Waals surface area contributed by atoms with E-state index in [4.69, 9.17) is 38.9 Å². The lowest BCUT2D eigenvalue weighted by Gasteiger charge is -2.27. The predicted octanol–water partition coefficient (Wildman–Crippen LogP) is 11.4. The number of rotatable bonds is 10. The fraction of sp³-hybridized carbons (Fsp3) is 0.393. The molecule has 2 aromatic carbocycles.